The number of hydrogen-bond acceptors (Lipinski definition) is 6. The lowest BCUT2D eigenvalue weighted by atomic mass is 10.0. The summed E-state index contributed by atoms with van der Waals surface area (Å²) in [4.78, 5) is 37.4. The minimum atomic E-state index is -1.03. The van der Waals surface area contributed by atoms with Crippen molar-refractivity contribution in [2.75, 3.05) is 26.8 Å². The van der Waals surface area contributed by atoms with Crippen molar-refractivity contribution in [3.8, 4) is 11.3 Å². The summed E-state index contributed by atoms with van der Waals surface area (Å²) in [6.45, 7) is 1.56. The van der Waals surface area contributed by atoms with Crippen LogP contribution in [0.1, 0.15) is 22.5 Å². The lowest BCUT2D eigenvalue weighted by Gasteiger charge is -2.15. The number of carbonyl (C=O) groups excluding carboxylic acids is 1. The summed E-state index contributed by atoms with van der Waals surface area (Å²) in [6, 6.07) is 1.52. The number of carbonyl (C=O) groups is 2. The number of aromatic carboxylic acids is 1. The smallest absolute Gasteiger partial charge is 0.337 e. The first-order valence-electron chi connectivity index (χ1n) is 8.33. The quantitative estimate of drug-likeness (QED) is 0.831. The van der Waals surface area contributed by atoms with Crippen LogP contribution in [-0.2, 0) is 16.0 Å². The zero-order valence-electron chi connectivity index (χ0n) is 14.5. The van der Waals surface area contributed by atoms with Gasteiger partial charge in [-0.05, 0) is 24.8 Å². The summed E-state index contributed by atoms with van der Waals surface area (Å²) in [5.74, 6) is -0.659. The highest BCUT2D eigenvalue weighted by molar-refractivity contribution is 5.88. The number of carboxylic acid groups (broad SMARTS) is 1. The Balaban J connectivity index is 1.63. The van der Waals surface area contributed by atoms with Gasteiger partial charge in [0.25, 0.3) is 0 Å². The van der Waals surface area contributed by atoms with E-state index in [1.807, 2.05) is 4.90 Å². The van der Waals surface area contributed by atoms with E-state index in [9.17, 15) is 9.59 Å². The van der Waals surface area contributed by atoms with Gasteiger partial charge in [-0.1, -0.05) is 0 Å². The number of nitrogens with zero attached hydrogens (tertiary/aromatic N) is 4. The van der Waals surface area contributed by atoms with Crippen LogP contribution in [0.5, 0.6) is 0 Å². The first kappa shape index (κ1) is 17.9. The number of methoxy groups -OCH3 is 1. The lowest BCUT2D eigenvalue weighted by molar-refractivity contribution is -0.134. The van der Waals surface area contributed by atoms with Crippen LogP contribution in [-0.4, -0.2) is 63.6 Å². The van der Waals surface area contributed by atoms with Crippen LogP contribution in [0.15, 0.2) is 30.9 Å². The van der Waals surface area contributed by atoms with Crippen LogP contribution in [0, 0.1) is 5.92 Å². The van der Waals surface area contributed by atoms with Gasteiger partial charge in [0.1, 0.15) is 6.61 Å². The van der Waals surface area contributed by atoms with E-state index >= 15 is 0 Å². The van der Waals surface area contributed by atoms with Crippen LogP contribution >= 0.6 is 0 Å². The molecule has 2 aromatic rings. The number of rotatable bonds is 6. The third kappa shape index (κ3) is 4.20. The van der Waals surface area contributed by atoms with Gasteiger partial charge in [0.05, 0.1) is 23.1 Å². The zero-order valence-corrected chi connectivity index (χ0v) is 14.5. The highest BCUT2D eigenvalue weighted by Gasteiger charge is 2.26. The Morgan fingerprint density at radius 2 is 2.12 bits per heavy atom. The van der Waals surface area contributed by atoms with Crippen molar-refractivity contribution in [1.29, 1.82) is 0 Å². The van der Waals surface area contributed by atoms with Crippen LogP contribution in [0.2, 0.25) is 0 Å². The minimum Gasteiger partial charge on any atom is -0.478 e. The second-order valence-corrected chi connectivity index (χ2v) is 6.29. The molecule has 3 heterocycles. The molecule has 8 heteroatoms. The van der Waals surface area contributed by atoms with E-state index in [1.165, 1.54) is 19.4 Å². The average molecular weight is 356 g/mol. The topological polar surface area (TPSA) is 106 Å². The van der Waals surface area contributed by atoms with Crippen molar-refractivity contribution in [3.05, 3.63) is 42.1 Å². The van der Waals surface area contributed by atoms with Crippen LogP contribution in [0.3, 0.4) is 0 Å². The fourth-order valence-electron chi connectivity index (χ4n) is 3.04. The highest BCUT2D eigenvalue weighted by atomic mass is 16.5. The van der Waals surface area contributed by atoms with Gasteiger partial charge < -0.3 is 14.7 Å². The maximum absolute atomic E-state index is 11.8. The molecular formula is C18H20N4O4. The largest absolute Gasteiger partial charge is 0.478 e. The van der Waals surface area contributed by atoms with Gasteiger partial charge in [-0.2, -0.15) is 0 Å². The van der Waals surface area contributed by atoms with E-state index in [0.29, 0.717) is 23.7 Å². The molecule has 3 rings (SSSR count). The summed E-state index contributed by atoms with van der Waals surface area (Å²) >= 11 is 0. The van der Waals surface area contributed by atoms with Gasteiger partial charge in [0, 0.05) is 44.4 Å². The van der Waals surface area contributed by atoms with Crippen molar-refractivity contribution >= 4 is 11.9 Å². The molecule has 136 valence electrons. The standard InChI is InChI=1S/C18H20N4O4/c1-26-11-17(23)22-3-2-12(10-22)4-15-8-21-16(9-20-15)13-5-14(18(24)25)7-19-6-13/h5-9,12H,2-4,10-11H2,1H3,(H,24,25)/t12-/m1/s1. The van der Waals surface area contributed by atoms with Gasteiger partial charge in [-0.15, -0.1) is 0 Å². The number of amides is 1. The summed E-state index contributed by atoms with van der Waals surface area (Å²) in [7, 11) is 1.52. The SMILES string of the molecule is COCC(=O)N1CC[C@H](Cc2cnc(-c3cncc(C(=O)O)c3)cn2)C1. The number of carboxylic acids is 1. The molecule has 8 nitrogen and oxygen atoms in total. The molecular weight excluding hydrogens is 336 g/mol. The average Bonchev–Trinajstić information content (AvgIpc) is 3.11. The monoisotopic (exact) mass is 356 g/mol. The first-order valence-corrected chi connectivity index (χ1v) is 8.33. The third-order valence-electron chi connectivity index (χ3n) is 4.39. The predicted molar refractivity (Wildman–Crippen MR) is 92.5 cm³/mol. The van der Waals surface area contributed by atoms with E-state index in [4.69, 9.17) is 9.84 Å². The highest BCUT2D eigenvalue weighted by Crippen LogP contribution is 2.21. The number of ether oxygens (including phenoxy) is 1. The molecule has 0 aliphatic carbocycles. The van der Waals surface area contributed by atoms with Crippen molar-refractivity contribution in [3.63, 3.8) is 0 Å². The van der Waals surface area contributed by atoms with Gasteiger partial charge in [0.15, 0.2) is 0 Å². The predicted octanol–water partition coefficient (Wildman–Crippen LogP) is 1.27. The number of aromatic nitrogens is 3. The van der Waals surface area contributed by atoms with E-state index < -0.39 is 5.97 Å². The van der Waals surface area contributed by atoms with Crippen LogP contribution in [0.25, 0.3) is 11.3 Å². The molecule has 1 N–H and O–H groups in total. The molecule has 1 fully saturated rings. The molecule has 1 saturated heterocycles. The Morgan fingerprint density at radius 1 is 1.27 bits per heavy atom. The molecule has 0 saturated carbocycles. The van der Waals surface area contributed by atoms with Gasteiger partial charge >= 0.3 is 5.97 Å². The number of likely N-dealkylation sites (tertiary alicyclic amines) is 1. The van der Waals surface area contributed by atoms with Crippen molar-refractivity contribution in [2.45, 2.75) is 12.8 Å². The van der Waals surface area contributed by atoms with E-state index in [1.54, 1.807) is 18.6 Å². The molecule has 1 amide bonds. The van der Waals surface area contributed by atoms with Crippen molar-refractivity contribution < 1.29 is 19.4 Å². The maximum Gasteiger partial charge on any atom is 0.337 e. The fraction of sp³-hybridized carbons (Fsp3) is 0.389. The van der Waals surface area contributed by atoms with E-state index in [-0.39, 0.29) is 18.1 Å². The molecule has 1 atom stereocenters. The second kappa shape index (κ2) is 8.01. The van der Waals surface area contributed by atoms with Gasteiger partial charge in [0.2, 0.25) is 5.91 Å². The minimum absolute atomic E-state index is 0.0160. The Kier molecular flexibility index (Phi) is 5.52. The van der Waals surface area contributed by atoms with Gasteiger partial charge in [-0.25, -0.2) is 4.79 Å². The Labute approximate surface area is 150 Å². The van der Waals surface area contributed by atoms with E-state index in [0.717, 1.165) is 25.1 Å². The maximum atomic E-state index is 11.8. The molecule has 0 bridgehead atoms. The summed E-state index contributed by atoms with van der Waals surface area (Å²) in [5, 5.41) is 9.04. The Hall–Kier alpha value is -2.87. The number of hydrogen-bond donors (Lipinski definition) is 1. The van der Waals surface area contributed by atoms with Crippen molar-refractivity contribution in [2.24, 2.45) is 5.92 Å². The molecule has 2 aromatic heterocycles. The molecule has 0 radical (unpaired) electrons. The summed E-state index contributed by atoms with van der Waals surface area (Å²) < 4.78 is 4.89. The van der Waals surface area contributed by atoms with Crippen LogP contribution in [0.4, 0.5) is 0 Å². The number of pyridine rings is 1. The van der Waals surface area contributed by atoms with Crippen LogP contribution < -0.4 is 0 Å². The Bertz CT molecular complexity index is 794. The third-order valence-corrected chi connectivity index (χ3v) is 4.39. The second-order valence-electron chi connectivity index (χ2n) is 6.29. The Morgan fingerprint density at radius 3 is 2.81 bits per heavy atom. The molecule has 0 spiro atoms. The first-order chi connectivity index (χ1) is 12.6. The van der Waals surface area contributed by atoms with Gasteiger partial charge in [-0.3, -0.25) is 19.7 Å². The van der Waals surface area contributed by atoms with Crippen molar-refractivity contribution in [1.82, 2.24) is 19.9 Å². The molecule has 1 aliphatic rings. The lowest BCUT2D eigenvalue weighted by Crippen LogP contribution is -2.31. The molecule has 26 heavy (non-hydrogen) atoms. The fourth-order valence-corrected chi connectivity index (χ4v) is 3.04. The molecule has 1 aliphatic heterocycles. The molecule has 0 unspecified atom stereocenters. The summed E-state index contributed by atoms with van der Waals surface area (Å²) in [6.07, 6.45) is 7.86. The normalized spacial score (nSPS) is 16.7. The summed E-state index contributed by atoms with van der Waals surface area (Å²) in [5.41, 5.74) is 2.15. The zero-order chi connectivity index (χ0) is 18.5. The van der Waals surface area contributed by atoms with E-state index in [2.05, 4.69) is 15.0 Å². The molecule has 0 aromatic carbocycles.